The molecule has 2 amide bonds. The molecule has 5 nitrogen and oxygen atoms in total. The number of hydrogen-bond acceptors (Lipinski definition) is 3. The molecule has 3 atom stereocenters. The maximum atomic E-state index is 13.4. The lowest BCUT2D eigenvalue weighted by Crippen LogP contribution is -2.46. The van der Waals surface area contributed by atoms with Crippen LogP contribution in [-0.4, -0.2) is 36.4 Å². The number of carbonyl (C=O) groups excluding carboxylic acids is 1. The zero-order valence-electron chi connectivity index (χ0n) is 12.5. The van der Waals surface area contributed by atoms with E-state index in [1.807, 2.05) is 12.2 Å². The van der Waals surface area contributed by atoms with Crippen LogP contribution < -0.4 is 15.4 Å². The SMILES string of the molecule is CC(COc1ccccc1F)NC(=O)N[C@@H]1C=C[C@H](CO)C1. The number of urea groups is 1. The zero-order valence-corrected chi connectivity index (χ0v) is 12.5. The fourth-order valence-electron chi connectivity index (χ4n) is 2.27. The van der Waals surface area contributed by atoms with Gasteiger partial charge in [0, 0.05) is 18.6 Å². The third kappa shape index (κ3) is 4.73. The van der Waals surface area contributed by atoms with Crippen LogP contribution in [0.2, 0.25) is 0 Å². The summed E-state index contributed by atoms with van der Waals surface area (Å²) in [6.07, 6.45) is 4.47. The Morgan fingerprint density at radius 1 is 1.45 bits per heavy atom. The van der Waals surface area contributed by atoms with Gasteiger partial charge in [0.2, 0.25) is 0 Å². The summed E-state index contributed by atoms with van der Waals surface area (Å²) in [4.78, 5) is 11.8. The van der Waals surface area contributed by atoms with E-state index in [-0.39, 0.29) is 43.0 Å². The Morgan fingerprint density at radius 2 is 2.23 bits per heavy atom. The molecule has 0 heterocycles. The molecular weight excluding hydrogens is 287 g/mol. The highest BCUT2D eigenvalue weighted by molar-refractivity contribution is 5.74. The molecule has 2 rings (SSSR count). The van der Waals surface area contributed by atoms with Crippen LogP contribution in [0.1, 0.15) is 13.3 Å². The molecule has 0 saturated heterocycles. The lowest BCUT2D eigenvalue weighted by Gasteiger charge is -2.18. The molecule has 0 aromatic heterocycles. The molecule has 1 aromatic rings. The van der Waals surface area contributed by atoms with Gasteiger partial charge in [-0.25, -0.2) is 9.18 Å². The second-order valence-corrected chi connectivity index (χ2v) is 5.43. The van der Waals surface area contributed by atoms with Crippen molar-refractivity contribution in [2.75, 3.05) is 13.2 Å². The summed E-state index contributed by atoms with van der Waals surface area (Å²) in [5.74, 6) is -0.154. The van der Waals surface area contributed by atoms with E-state index in [2.05, 4.69) is 10.6 Å². The number of rotatable bonds is 6. The Morgan fingerprint density at radius 3 is 2.91 bits per heavy atom. The van der Waals surface area contributed by atoms with Gasteiger partial charge in [-0.1, -0.05) is 24.3 Å². The Balaban J connectivity index is 1.71. The van der Waals surface area contributed by atoms with Gasteiger partial charge in [0.1, 0.15) is 6.61 Å². The summed E-state index contributed by atoms with van der Waals surface area (Å²) in [5.41, 5.74) is 0. The number of hydrogen-bond donors (Lipinski definition) is 3. The van der Waals surface area contributed by atoms with Crippen molar-refractivity contribution in [2.24, 2.45) is 5.92 Å². The summed E-state index contributed by atoms with van der Waals surface area (Å²) in [6, 6.07) is 5.50. The lowest BCUT2D eigenvalue weighted by atomic mass is 10.1. The molecular formula is C16H21FN2O3. The van der Waals surface area contributed by atoms with Gasteiger partial charge in [0.15, 0.2) is 11.6 Å². The first-order chi connectivity index (χ1) is 10.6. The van der Waals surface area contributed by atoms with Crippen molar-refractivity contribution in [3.63, 3.8) is 0 Å². The molecule has 1 aliphatic rings. The first-order valence-corrected chi connectivity index (χ1v) is 7.32. The van der Waals surface area contributed by atoms with E-state index in [9.17, 15) is 9.18 Å². The number of amides is 2. The molecule has 0 fully saturated rings. The van der Waals surface area contributed by atoms with E-state index < -0.39 is 5.82 Å². The van der Waals surface area contributed by atoms with Gasteiger partial charge in [0.25, 0.3) is 0 Å². The highest BCUT2D eigenvalue weighted by atomic mass is 19.1. The molecule has 0 radical (unpaired) electrons. The first-order valence-electron chi connectivity index (χ1n) is 7.32. The van der Waals surface area contributed by atoms with E-state index in [0.717, 1.165) is 0 Å². The van der Waals surface area contributed by atoms with Gasteiger partial charge >= 0.3 is 6.03 Å². The monoisotopic (exact) mass is 308 g/mol. The minimum atomic E-state index is -0.426. The smallest absolute Gasteiger partial charge is 0.315 e. The third-order valence-electron chi connectivity index (χ3n) is 3.43. The summed E-state index contributed by atoms with van der Waals surface area (Å²) in [6.45, 7) is 2.04. The van der Waals surface area contributed by atoms with Crippen LogP contribution in [0.3, 0.4) is 0 Å². The minimum Gasteiger partial charge on any atom is -0.488 e. The Bertz CT molecular complexity index is 536. The Labute approximate surface area is 129 Å². The Hall–Kier alpha value is -2.08. The molecule has 120 valence electrons. The molecule has 6 heteroatoms. The fraction of sp³-hybridized carbons (Fsp3) is 0.438. The number of aliphatic hydroxyl groups excluding tert-OH is 1. The average molecular weight is 308 g/mol. The second-order valence-electron chi connectivity index (χ2n) is 5.43. The van der Waals surface area contributed by atoms with Gasteiger partial charge < -0.3 is 20.5 Å². The van der Waals surface area contributed by atoms with E-state index in [4.69, 9.17) is 9.84 Å². The van der Waals surface area contributed by atoms with E-state index in [1.165, 1.54) is 6.07 Å². The van der Waals surface area contributed by atoms with Crippen LogP contribution in [0.5, 0.6) is 5.75 Å². The zero-order chi connectivity index (χ0) is 15.9. The number of halogens is 1. The van der Waals surface area contributed by atoms with E-state index >= 15 is 0 Å². The summed E-state index contributed by atoms with van der Waals surface area (Å²) in [5, 5.41) is 14.6. The predicted molar refractivity (Wildman–Crippen MR) is 81.1 cm³/mol. The van der Waals surface area contributed by atoms with Crippen LogP contribution in [0.15, 0.2) is 36.4 Å². The van der Waals surface area contributed by atoms with Crippen LogP contribution in [0.4, 0.5) is 9.18 Å². The maximum absolute atomic E-state index is 13.4. The molecule has 3 N–H and O–H groups in total. The van der Waals surface area contributed by atoms with Crippen LogP contribution >= 0.6 is 0 Å². The summed E-state index contributed by atoms with van der Waals surface area (Å²) in [7, 11) is 0. The molecule has 0 bridgehead atoms. The molecule has 0 aliphatic heterocycles. The van der Waals surface area contributed by atoms with Crippen LogP contribution in [0.25, 0.3) is 0 Å². The first kappa shape index (κ1) is 16.3. The van der Waals surface area contributed by atoms with Crippen molar-refractivity contribution >= 4 is 6.03 Å². The highest BCUT2D eigenvalue weighted by Crippen LogP contribution is 2.17. The van der Waals surface area contributed by atoms with Gasteiger partial charge in [-0.05, 0) is 25.5 Å². The maximum Gasteiger partial charge on any atom is 0.315 e. The predicted octanol–water partition coefficient (Wildman–Crippen LogP) is 1.83. The third-order valence-corrected chi connectivity index (χ3v) is 3.43. The number of para-hydroxylation sites is 1. The minimum absolute atomic E-state index is 0.0724. The van der Waals surface area contributed by atoms with Crippen LogP contribution in [0, 0.1) is 11.7 Å². The molecule has 22 heavy (non-hydrogen) atoms. The van der Waals surface area contributed by atoms with Crippen molar-refractivity contribution in [1.82, 2.24) is 10.6 Å². The standard InChI is InChI=1S/C16H21FN2O3/c1-11(10-22-15-5-3-2-4-14(15)17)18-16(21)19-13-7-6-12(8-13)9-20/h2-7,11-13,20H,8-10H2,1H3,(H2,18,19,21)/t11?,12-,13+/m0/s1. The molecule has 1 aromatic carbocycles. The summed E-state index contributed by atoms with van der Waals surface area (Å²) < 4.78 is 18.7. The lowest BCUT2D eigenvalue weighted by molar-refractivity contribution is 0.219. The number of benzene rings is 1. The quantitative estimate of drug-likeness (QED) is 0.702. The Kier molecular flexibility index (Phi) is 5.77. The van der Waals surface area contributed by atoms with Crippen molar-refractivity contribution in [3.05, 3.63) is 42.2 Å². The number of nitrogens with one attached hydrogen (secondary N) is 2. The molecule has 0 saturated carbocycles. The van der Waals surface area contributed by atoms with E-state index in [1.54, 1.807) is 25.1 Å². The van der Waals surface area contributed by atoms with Gasteiger partial charge in [-0.15, -0.1) is 0 Å². The van der Waals surface area contributed by atoms with Gasteiger partial charge in [-0.3, -0.25) is 0 Å². The summed E-state index contributed by atoms with van der Waals surface area (Å²) >= 11 is 0. The number of ether oxygens (including phenoxy) is 1. The van der Waals surface area contributed by atoms with Crippen molar-refractivity contribution in [2.45, 2.75) is 25.4 Å². The average Bonchev–Trinajstić information content (AvgIpc) is 2.93. The van der Waals surface area contributed by atoms with Crippen LogP contribution in [-0.2, 0) is 0 Å². The normalized spacial score (nSPS) is 21.4. The van der Waals surface area contributed by atoms with Gasteiger partial charge in [0.05, 0.1) is 6.04 Å². The largest absolute Gasteiger partial charge is 0.488 e. The van der Waals surface area contributed by atoms with Crippen molar-refractivity contribution in [1.29, 1.82) is 0 Å². The fourth-order valence-corrected chi connectivity index (χ4v) is 2.27. The van der Waals surface area contributed by atoms with Crippen molar-refractivity contribution in [3.8, 4) is 5.75 Å². The highest BCUT2D eigenvalue weighted by Gasteiger charge is 2.20. The topological polar surface area (TPSA) is 70.6 Å². The van der Waals surface area contributed by atoms with Crippen molar-refractivity contribution < 1.29 is 19.0 Å². The molecule has 1 aliphatic carbocycles. The number of carbonyl (C=O) groups is 1. The second kappa shape index (κ2) is 7.79. The van der Waals surface area contributed by atoms with Gasteiger partial charge in [-0.2, -0.15) is 0 Å². The van der Waals surface area contributed by atoms with E-state index in [0.29, 0.717) is 6.42 Å². The molecule has 0 spiro atoms. The number of aliphatic hydroxyl groups is 1. The molecule has 1 unspecified atom stereocenters.